The molecule has 0 amide bonds. The molecule has 0 fully saturated rings. The first-order valence-electron chi connectivity index (χ1n) is 10.4. The Kier molecular flexibility index (Phi) is 3.45. The highest BCUT2D eigenvalue weighted by Gasteiger charge is 2.42. The first kappa shape index (κ1) is 17.6. The maximum absolute atomic E-state index is 2.54. The minimum absolute atomic E-state index is 0.0198. The molecule has 3 aromatic carbocycles. The van der Waals surface area contributed by atoms with Gasteiger partial charge >= 0.3 is 0 Å². The Balaban J connectivity index is 1.86. The molecule has 0 unspecified atom stereocenters. The predicted octanol–water partition coefficient (Wildman–Crippen LogP) is 7.18. The van der Waals surface area contributed by atoms with Gasteiger partial charge in [0.15, 0.2) is 0 Å². The van der Waals surface area contributed by atoms with Crippen molar-refractivity contribution in [2.45, 2.75) is 58.4 Å². The van der Waals surface area contributed by atoms with Gasteiger partial charge < -0.3 is 4.90 Å². The third-order valence-corrected chi connectivity index (χ3v) is 6.99. The van der Waals surface area contributed by atoms with Crippen molar-refractivity contribution in [1.29, 1.82) is 0 Å². The van der Waals surface area contributed by atoms with Gasteiger partial charge in [-0.15, -0.1) is 0 Å². The van der Waals surface area contributed by atoms with E-state index in [0.29, 0.717) is 6.04 Å². The molecule has 1 heteroatoms. The van der Waals surface area contributed by atoms with Gasteiger partial charge in [-0.1, -0.05) is 70.2 Å². The van der Waals surface area contributed by atoms with Crippen LogP contribution in [0.25, 0.3) is 11.1 Å². The van der Waals surface area contributed by atoms with Crippen LogP contribution < -0.4 is 4.90 Å². The summed E-state index contributed by atoms with van der Waals surface area (Å²) >= 11 is 0. The van der Waals surface area contributed by atoms with Gasteiger partial charge in [0, 0.05) is 28.2 Å². The lowest BCUT2D eigenvalue weighted by atomic mass is 9.71. The van der Waals surface area contributed by atoms with Crippen molar-refractivity contribution in [3.05, 3.63) is 82.9 Å². The molecule has 0 spiro atoms. The Hall–Kier alpha value is -2.54. The van der Waals surface area contributed by atoms with E-state index in [1.807, 2.05) is 0 Å². The molecule has 2 aliphatic rings. The monoisotopic (exact) mass is 367 g/mol. The number of hydrogen-bond acceptors (Lipinski definition) is 1. The van der Waals surface area contributed by atoms with Gasteiger partial charge in [0.1, 0.15) is 0 Å². The van der Waals surface area contributed by atoms with E-state index in [4.69, 9.17) is 0 Å². The molecule has 1 aliphatic heterocycles. The zero-order chi connectivity index (χ0) is 19.8. The summed E-state index contributed by atoms with van der Waals surface area (Å²) in [5.41, 5.74) is 11.3. The Morgan fingerprint density at radius 1 is 0.607 bits per heavy atom. The smallest absolute Gasteiger partial charge is 0.0458 e. The maximum Gasteiger partial charge on any atom is 0.0458 e. The van der Waals surface area contributed by atoms with E-state index in [9.17, 15) is 0 Å². The lowest BCUT2D eigenvalue weighted by Gasteiger charge is -2.44. The third kappa shape index (κ3) is 2.08. The summed E-state index contributed by atoms with van der Waals surface area (Å²) in [7, 11) is 0. The number of hydrogen-bond donors (Lipinski definition) is 0. The summed E-state index contributed by atoms with van der Waals surface area (Å²) in [5.74, 6) is 0. The minimum atomic E-state index is -0.0198. The van der Waals surface area contributed by atoms with Crippen LogP contribution in [0.1, 0.15) is 63.8 Å². The molecule has 0 radical (unpaired) electrons. The average molecular weight is 368 g/mol. The van der Waals surface area contributed by atoms with E-state index < -0.39 is 0 Å². The Morgan fingerprint density at radius 3 is 1.93 bits per heavy atom. The van der Waals surface area contributed by atoms with E-state index in [2.05, 4.69) is 107 Å². The van der Waals surface area contributed by atoms with E-state index in [-0.39, 0.29) is 10.8 Å². The number of para-hydroxylation sites is 1. The standard InChI is InChI=1S/C27H29N/c1-17(2)28-24-14-10-9-13-21(24)27(5,6)23-15-19-18-11-7-8-12-20(18)26(3,4)22(19)16-25(23)28/h7-17H,1-6H3. The third-order valence-electron chi connectivity index (χ3n) is 6.99. The fourth-order valence-electron chi connectivity index (χ4n) is 5.48. The minimum Gasteiger partial charge on any atom is -0.338 e. The zero-order valence-corrected chi connectivity index (χ0v) is 17.8. The second-order valence-corrected chi connectivity index (χ2v) is 9.69. The molecule has 1 aliphatic carbocycles. The highest BCUT2D eigenvalue weighted by molar-refractivity contribution is 5.88. The lowest BCUT2D eigenvalue weighted by molar-refractivity contribution is 0.609. The van der Waals surface area contributed by atoms with Crippen LogP contribution in [0.15, 0.2) is 60.7 Å². The number of nitrogens with zero attached hydrogens (tertiary/aromatic N) is 1. The van der Waals surface area contributed by atoms with Crippen molar-refractivity contribution >= 4 is 11.4 Å². The molecule has 0 atom stereocenters. The van der Waals surface area contributed by atoms with Gasteiger partial charge in [0.05, 0.1) is 0 Å². The van der Waals surface area contributed by atoms with Crippen LogP contribution in [0.2, 0.25) is 0 Å². The number of fused-ring (bicyclic) bond motifs is 5. The van der Waals surface area contributed by atoms with Crippen molar-refractivity contribution in [3.63, 3.8) is 0 Å². The van der Waals surface area contributed by atoms with Gasteiger partial charge in [-0.05, 0) is 65.4 Å². The van der Waals surface area contributed by atoms with Crippen molar-refractivity contribution in [2.24, 2.45) is 0 Å². The summed E-state index contributed by atoms with van der Waals surface area (Å²) in [6.07, 6.45) is 0. The molecule has 0 saturated carbocycles. The fraction of sp³-hybridized carbons (Fsp3) is 0.333. The molecule has 3 aromatic rings. The predicted molar refractivity (Wildman–Crippen MR) is 120 cm³/mol. The largest absolute Gasteiger partial charge is 0.338 e. The van der Waals surface area contributed by atoms with E-state index in [1.54, 1.807) is 0 Å². The van der Waals surface area contributed by atoms with Crippen LogP contribution in [-0.4, -0.2) is 6.04 Å². The normalized spacial score (nSPS) is 17.8. The van der Waals surface area contributed by atoms with Crippen LogP contribution in [0.4, 0.5) is 11.4 Å². The molecule has 0 bridgehead atoms. The molecule has 142 valence electrons. The first-order chi connectivity index (χ1) is 13.2. The topological polar surface area (TPSA) is 3.24 Å². The van der Waals surface area contributed by atoms with Crippen LogP contribution in [0.3, 0.4) is 0 Å². The molecule has 0 aromatic heterocycles. The summed E-state index contributed by atoms with van der Waals surface area (Å²) in [5, 5.41) is 0. The summed E-state index contributed by atoms with van der Waals surface area (Å²) in [6.45, 7) is 14.1. The van der Waals surface area contributed by atoms with Crippen molar-refractivity contribution in [1.82, 2.24) is 0 Å². The van der Waals surface area contributed by atoms with Gasteiger partial charge in [-0.2, -0.15) is 0 Å². The molecular weight excluding hydrogens is 338 g/mol. The highest BCUT2D eigenvalue weighted by atomic mass is 15.2. The number of benzene rings is 3. The molecule has 0 saturated heterocycles. The Bertz CT molecular complexity index is 1100. The van der Waals surface area contributed by atoms with Crippen LogP contribution in [-0.2, 0) is 10.8 Å². The zero-order valence-electron chi connectivity index (χ0n) is 17.8. The van der Waals surface area contributed by atoms with Crippen molar-refractivity contribution in [2.75, 3.05) is 4.90 Å². The fourth-order valence-corrected chi connectivity index (χ4v) is 5.48. The van der Waals surface area contributed by atoms with Gasteiger partial charge in [0.25, 0.3) is 0 Å². The maximum atomic E-state index is 2.54. The molecule has 5 rings (SSSR count). The van der Waals surface area contributed by atoms with Crippen molar-refractivity contribution in [3.8, 4) is 11.1 Å². The number of anilines is 2. The lowest BCUT2D eigenvalue weighted by Crippen LogP contribution is -2.37. The SMILES string of the molecule is CC(C)N1c2ccccc2C(C)(C)c2cc3c(cc21)C(C)(C)c1ccccc1-3. The molecule has 0 N–H and O–H groups in total. The first-order valence-corrected chi connectivity index (χ1v) is 10.4. The van der Waals surface area contributed by atoms with Crippen LogP contribution in [0, 0.1) is 0 Å². The molecule has 1 heterocycles. The molecular formula is C27H29N. The van der Waals surface area contributed by atoms with Crippen LogP contribution in [0.5, 0.6) is 0 Å². The van der Waals surface area contributed by atoms with Crippen LogP contribution >= 0.6 is 0 Å². The number of rotatable bonds is 1. The van der Waals surface area contributed by atoms with E-state index in [0.717, 1.165) is 0 Å². The van der Waals surface area contributed by atoms with Gasteiger partial charge in [0.2, 0.25) is 0 Å². The molecule has 28 heavy (non-hydrogen) atoms. The summed E-state index contributed by atoms with van der Waals surface area (Å²) in [4.78, 5) is 2.54. The Morgan fingerprint density at radius 2 is 1.21 bits per heavy atom. The van der Waals surface area contributed by atoms with E-state index in [1.165, 1.54) is 44.8 Å². The molecule has 1 nitrogen and oxygen atoms in total. The average Bonchev–Trinajstić information content (AvgIpc) is 2.88. The second kappa shape index (κ2) is 5.50. The van der Waals surface area contributed by atoms with Gasteiger partial charge in [-0.3, -0.25) is 0 Å². The van der Waals surface area contributed by atoms with E-state index >= 15 is 0 Å². The summed E-state index contributed by atoms with van der Waals surface area (Å²) < 4.78 is 0. The van der Waals surface area contributed by atoms with Gasteiger partial charge in [-0.25, -0.2) is 0 Å². The second-order valence-electron chi connectivity index (χ2n) is 9.69. The highest BCUT2D eigenvalue weighted by Crippen LogP contribution is 2.56. The Labute approximate surface area is 169 Å². The summed E-state index contributed by atoms with van der Waals surface area (Å²) in [6, 6.07) is 23.3. The van der Waals surface area contributed by atoms with Crippen molar-refractivity contribution < 1.29 is 0 Å². The quantitative estimate of drug-likeness (QED) is 0.440.